The Morgan fingerprint density at radius 1 is 1.07 bits per heavy atom. The fraction of sp³-hybridized carbons (Fsp3) is 0.0500. The molecule has 2 aromatic heterocycles. The fourth-order valence-electron chi connectivity index (χ4n) is 2.76. The van der Waals surface area contributed by atoms with Crippen molar-refractivity contribution in [3.8, 4) is 11.1 Å². The maximum Gasteiger partial charge on any atom is 0.234 e. The van der Waals surface area contributed by atoms with E-state index in [1.807, 2.05) is 0 Å². The summed E-state index contributed by atoms with van der Waals surface area (Å²) in [7, 11) is 0. The normalized spacial score (nSPS) is 10.9. The molecule has 0 radical (unpaired) electrons. The number of amides is 1. The smallest absolute Gasteiger partial charge is 0.234 e. The third kappa shape index (κ3) is 3.72. The van der Waals surface area contributed by atoms with E-state index in [-0.39, 0.29) is 23.2 Å². The van der Waals surface area contributed by atoms with Crippen molar-refractivity contribution >= 4 is 34.4 Å². The number of aromatic amines is 1. The largest absolute Gasteiger partial charge is 0.357 e. The minimum atomic E-state index is -0.487. The Kier molecular flexibility index (Phi) is 5.03. The molecule has 4 aromatic rings. The molecule has 0 saturated carbocycles. The van der Waals surface area contributed by atoms with E-state index in [1.54, 1.807) is 30.5 Å². The van der Waals surface area contributed by atoms with Gasteiger partial charge in [0, 0.05) is 11.8 Å². The monoisotopic (exact) mass is 396 g/mol. The number of para-hydroxylation sites is 1. The Bertz CT molecular complexity index is 1140. The molecule has 8 heteroatoms. The van der Waals surface area contributed by atoms with Crippen LogP contribution in [0.1, 0.15) is 0 Å². The van der Waals surface area contributed by atoms with Crippen molar-refractivity contribution in [3.63, 3.8) is 0 Å². The zero-order valence-electron chi connectivity index (χ0n) is 14.4. The number of benzene rings is 2. The van der Waals surface area contributed by atoms with E-state index >= 15 is 0 Å². The molecule has 2 N–H and O–H groups in total. The Morgan fingerprint density at radius 3 is 2.64 bits per heavy atom. The van der Waals surface area contributed by atoms with Gasteiger partial charge in [-0.1, -0.05) is 36.0 Å². The number of anilines is 1. The first kappa shape index (κ1) is 18.1. The van der Waals surface area contributed by atoms with Crippen LogP contribution in [0.3, 0.4) is 0 Å². The van der Waals surface area contributed by atoms with Crippen molar-refractivity contribution < 1.29 is 13.6 Å². The molecule has 2 aromatic carbocycles. The molecule has 0 atom stereocenters. The topological polar surface area (TPSA) is 70.7 Å². The van der Waals surface area contributed by atoms with Gasteiger partial charge in [0.25, 0.3) is 0 Å². The van der Waals surface area contributed by atoms with Gasteiger partial charge in [0.05, 0.1) is 17.0 Å². The number of carbonyl (C=O) groups is 1. The molecule has 0 aliphatic heterocycles. The SMILES string of the molecule is O=C(CSc1ncnc2c(-c3ccc(F)cc3)c[nH]c12)Nc1ccccc1F. The summed E-state index contributed by atoms with van der Waals surface area (Å²) in [6, 6.07) is 12.1. The number of fused-ring (bicyclic) bond motifs is 1. The summed E-state index contributed by atoms with van der Waals surface area (Å²) in [6.07, 6.45) is 3.19. The van der Waals surface area contributed by atoms with Gasteiger partial charge in [-0.25, -0.2) is 18.7 Å². The molecule has 2 heterocycles. The van der Waals surface area contributed by atoms with Crippen molar-refractivity contribution in [2.24, 2.45) is 0 Å². The highest BCUT2D eigenvalue weighted by Crippen LogP contribution is 2.31. The van der Waals surface area contributed by atoms with Gasteiger partial charge >= 0.3 is 0 Å². The van der Waals surface area contributed by atoms with E-state index in [9.17, 15) is 13.6 Å². The number of nitrogens with one attached hydrogen (secondary N) is 2. The summed E-state index contributed by atoms with van der Waals surface area (Å²) < 4.78 is 26.8. The number of hydrogen-bond acceptors (Lipinski definition) is 4. The second-order valence-electron chi connectivity index (χ2n) is 5.93. The number of halogens is 2. The minimum absolute atomic E-state index is 0.0609. The number of nitrogens with zero attached hydrogens (tertiary/aromatic N) is 2. The zero-order chi connectivity index (χ0) is 19.5. The van der Waals surface area contributed by atoms with Crippen molar-refractivity contribution in [2.45, 2.75) is 5.03 Å². The Balaban J connectivity index is 1.52. The molecule has 0 spiro atoms. The lowest BCUT2D eigenvalue weighted by molar-refractivity contribution is -0.113. The quantitative estimate of drug-likeness (QED) is 0.381. The number of carbonyl (C=O) groups excluding carboxylic acids is 1. The van der Waals surface area contributed by atoms with Crippen molar-refractivity contribution in [1.29, 1.82) is 0 Å². The molecule has 0 fully saturated rings. The van der Waals surface area contributed by atoms with Crippen LogP contribution in [-0.4, -0.2) is 26.6 Å². The standard InChI is InChI=1S/C20H14F2N4OS/c21-13-7-5-12(6-8-13)14-9-23-19-18(14)24-11-25-20(19)28-10-17(27)26-16-4-2-1-3-15(16)22/h1-9,11,23H,10H2,(H,26,27). The lowest BCUT2D eigenvalue weighted by atomic mass is 10.1. The Hall–Kier alpha value is -3.26. The summed E-state index contributed by atoms with van der Waals surface area (Å²) in [5, 5.41) is 3.14. The summed E-state index contributed by atoms with van der Waals surface area (Å²) in [5.41, 5.74) is 3.14. The van der Waals surface area contributed by atoms with Crippen LogP contribution in [-0.2, 0) is 4.79 Å². The van der Waals surface area contributed by atoms with Crippen LogP contribution in [0.15, 0.2) is 66.1 Å². The van der Waals surface area contributed by atoms with E-state index in [1.165, 1.54) is 42.4 Å². The van der Waals surface area contributed by atoms with Gasteiger partial charge in [0.1, 0.15) is 28.5 Å². The lowest BCUT2D eigenvalue weighted by Gasteiger charge is -2.06. The molecular formula is C20H14F2N4OS. The van der Waals surface area contributed by atoms with Gasteiger partial charge < -0.3 is 10.3 Å². The average Bonchev–Trinajstić information content (AvgIpc) is 3.13. The van der Waals surface area contributed by atoms with Gasteiger partial charge in [-0.3, -0.25) is 4.79 Å². The predicted octanol–water partition coefficient (Wildman–Crippen LogP) is 4.63. The molecule has 140 valence electrons. The number of thioether (sulfide) groups is 1. The zero-order valence-corrected chi connectivity index (χ0v) is 15.3. The molecule has 0 bridgehead atoms. The van der Waals surface area contributed by atoms with E-state index in [2.05, 4.69) is 20.3 Å². The second kappa shape index (κ2) is 7.77. The molecule has 5 nitrogen and oxygen atoms in total. The van der Waals surface area contributed by atoms with Gasteiger partial charge in [-0.15, -0.1) is 0 Å². The average molecular weight is 396 g/mol. The van der Waals surface area contributed by atoms with Gasteiger partial charge in [0.2, 0.25) is 5.91 Å². The number of H-pyrrole nitrogens is 1. The van der Waals surface area contributed by atoms with Crippen molar-refractivity contribution in [3.05, 3.63) is 72.7 Å². The molecular weight excluding hydrogens is 382 g/mol. The van der Waals surface area contributed by atoms with Gasteiger partial charge in [-0.05, 0) is 29.8 Å². The summed E-state index contributed by atoms with van der Waals surface area (Å²) in [6.45, 7) is 0. The molecule has 1 amide bonds. The van der Waals surface area contributed by atoms with Gasteiger partial charge in [0.15, 0.2) is 0 Å². The highest BCUT2D eigenvalue weighted by atomic mass is 32.2. The van der Waals surface area contributed by atoms with Gasteiger partial charge in [-0.2, -0.15) is 0 Å². The fourth-order valence-corrected chi connectivity index (χ4v) is 3.52. The van der Waals surface area contributed by atoms with E-state index in [4.69, 9.17) is 0 Å². The van der Waals surface area contributed by atoms with Crippen molar-refractivity contribution in [1.82, 2.24) is 15.0 Å². The van der Waals surface area contributed by atoms with E-state index in [0.717, 1.165) is 11.1 Å². The van der Waals surface area contributed by atoms with Crippen LogP contribution in [0.4, 0.5) is 14.5 Å². The molecule has 28 heavy (non-hydrogen) atoms. The molecule has 0 aliphatic rings. The van der Waals surface area contributed by atoms with Crippen molar-refractivity contribution in [2.75, 3.05) is 11.1 Å². The summed E-state index contributed by atoms with van der Waals surface area (Å²) in [5.74, 6) is -1.08. The molecule has 0 saturated heterocycles. The Morgan fingerprint density at radius 2 is 1.86 bits per heavy atom. The predicted molar refractivity (Wildman–Crippen MR) is 105 cm³/mol. The van der Waals surface area contributed by atoms with Crippen LogP contribution in [0.2, 0.25) is 0 Å². The van der Waals surface area contributed by atoms with Crippen LogP contribution < -0.4 is 5.32 Å². The summed E-state index contributed by atoms with van der Waals surface area (Å²) in [4.78, 5) is 23.8. The molecule has 0 aliphatic carbocycles. The Labute approximate surface area is 163 Å². The third-order valence-corrected chi connectivity index (χ3v) is 5.06. The number of hydrogen-bond donors (Lipinski definition) is 2. The lowest BCUT2D eigenvalue weighted by Crippen LogP contribution is -2.15. The number of rotatable bonds is 5. The number of aromatic nitrogens is 3. The van der Waals surface area contributed by atoms with E-state index in [0.29, 0.717) is 16.1 Å². The first-order chi connectivity index (χ1) is 13.6. The molecule has 4 rings (SSSR count). The van der Waals surface area contributed by atoms with Crippen LogP contribution in [0.25, 0.3) is 22.2 Å². The maximum atomic E-state index is 13.6. The molecule has 0 unspecified atom stereocenters. The first-order valence-corrected chi connectivity index (χ1v) is 9.35. The highest BCUT2D eigenvalue weighted by Gasteiger charge is 2.14. The first-order valence-electron chi connectivity index (χ1n) is 8.37. The van der Waals surface area contributed by atoms with Crippen LogP contribution in [0, 0.1) is 11.6 Å². The highest BCUT2D eigenvalue weighted by molar-refractivity contribution is 8.00. The maximum absolute atomic E-state index is 13.6. The summed E-state index contributed by atoms with van der Waals surface area (Å²) >= 11 is 1.22. The van der Waals surface area contributed by atoms with Crippen LogP contribution >= 0.6 is 11.8 Å². The second-order valence-corrected chi connectivity index (χ2v) is 6.89. The van der Waals surface area contributed by atoms with E-state index < -0.39 is 5.82 Å². The minimum Gasteiger partial charge on any atom is -0.357 e. The van der Waals surface area contributed by atoms with Crippen LogP contribution in [0.5, 0.6) is 0 Å². The third-order valence-electron chi connectivity index (χ3n) is 4.07.